The SMILES string of the molecule is CCOC(=O)c1sc(C(=O)OCC)c(O)c1O.[Na+]. The Kier molecular flexibility index (Phi) is 7.30. The molecule has 0 fully saturated rings. The molecule has 1 heterocycles. The first-order chi connectivity index (χ1) is 8.02. The van der Waals surface area contributed by atoms with E-state index in [0.717, 1.165) is 0 Å². The molecule has 6 nitrogen and oxygen atoms in total. The van der Waals surface area contributed by atoms with E-state index in [1.165, 1.54) is 0 Å². The molecule has 0 radical (unpaired) electrons. The van der Waals surface area contributed by atoms with Crippen molar-refractivity contribution in [2.45, 2.75) is 13.8 Å². The van der Waals surface area contributed by atoms with Gasteiger partial charge in [0, 0.05) is 0 Å². The van der Waals surface area contributed by atoms with Crippen LogP contribution in [0.3, 0.4) is 0 Å². The van der Waals surface area contributed by atoms with E-state index in [-0.39, 0.29) is 52.5 Å². The standard InChI is InChI=1S/C10H12O6S.Na/c1-3-15-9(13)7-5(11)6(12)8(17-7)10(14)16-4-2;/h11-12H,3-4H2,1-2H3;/q;+1. The second kappa shape index (κ2) is 7.63. The molecule has 0 atom stereocenters. The van der Waals surface area contributed by atoms with Crippen LogP contribution in [-0.4, -0.2) is 35.4 Å². The smallest absolute Gasteiger partial charge is 0.503 e. The Bertz CT molecular complexity index is 403. The summed E-state index contributed by atoms with van der Waals surface area (Å²) < 4.78 is 9.33. The summed E-state index contributed by atoms with van der Waals surface area (Å²) in [6.45, 7) is 3.47. The van der Waals surface area contributed by atoms with Gasteiger partial charge in [-0.2, -0.15) is 0 Å². The molecule has 1 rings (SSSR count). The molecule has 0 aliphatic rings. The Balaban J connectivity index is 0.00000289. The minimum absolute atomic E-state index is 0. The Morgan fingerprint density at radius 1 is 1.00 bits per heavy atom. The number of hydrogen-bond donors (Lipinski definition) is 2. The maximum Gasteiger partial charge on any atom is 1.00 e. The molecule has 2 N–H and O–H groups in total. The van der Waals surface area contributed by atoms with Gasteiger partial charge in [-0.25, -0.2) is 9.59 Å². The first kappa shape index (κ1) is 17.2. The van der Waals surface area contributed by atoms with Crippen LogP contribution in [0.2, 0.25) is 0 Å². The predicted octanol–water partition coefficient (Wildman–Crippen LogP) is -1.48. The fraction of sp³-hybridized carbons (Fsp3) is 0.400. The maximum absolute atomic E-state index is 11.4. The zero-order valence-corrected chi connectivity index (χ0v) is 13.2. The van der Waals surface area contributed by atoms with Crippen molar-refractivity contribution >= 4 is 23.3 Å². The third kappa shape index (κ3) is 3.61. The number of aromatic hydroxyl groups is 2. The van der Waals surface area contributed by atoms with Gasteiger partial charge in [0.2, 0.25) is 0 Å². The molecule has 0 aromatic carbocycles. The van der Waals surface area contributed by atoms with Crippen LogP contribution in [0.1, 0.15) is 33.2 Å². The van der Waals surface area contributed by atoms with Gasteiger partial charge >= 0.3 is 41.5 Å². The van der Waals surface area contributed by atoms with Gasteiger partial charge in [0.05, 0.1) is 13.2 Å². The van der Waals surface area contributed by atoms with E-state index in [2.05, 4.69) is 9.47 Å². The first-order valence-electron chi connectivity index (χ1n) is 4.91. The second-order valence-corrected chi connectivity index (χ2v) is 3.92. The van der Waals surface area contributed by atoms with E-state index >= 15 is 0 Å². The molecule has 0 bridgehead atoms. The molecular weight excluding hydrogens is 271 g/mol. The number of carbonyl (C=O) groups is 2. The molecule has 0 spiro atoms. The summed E-state index contributed by atoms with van der Waals surface area (Å²) in [5.74, 6) is -2.89. The van der Waals surface area contributed by atoms with Gasteiger partial charge in [0.1, 0.15) is 0 Å². The van der Waals surface area contributed by atoms with Crippen molar-refractivity contribution in [2.24, 2.45) is 0 Å². The fourth-order valence-corrected chi connectivity index (χ4v) is 1.96. The topological polar surface area (TPSA) is 93.1 Å². The van der Waals surface area contributed by atoms with Crippen LogP contribution in [0.15, 0.2) is 0 Å². The fourth-order valence-electron chi connectivity index (χ4n) is 1.08. The number of ether oxygens (including phenoxy) is 2. The van der Waals surface area contributed by atoms with Gasteiger partial charge in [-0.1, -0.05) is 0 Å². The molecule has 0 unspecified atom stereocenters. The van der Waals surface area contributed by atoms with Crippen molar-refractivity contribution in [3.8, 4) is 11.5 Å². The molecule has 0 amide bonds. The van der Waals surface area contributed by atoms with Gasteiger partial charge in [-0.3, -0.25) is 0 Å². The number of rotatable bonds is 4. The van der Waals surface area contributed by atoms with Gasteiger partial charge in [-0.05, 0) is 13.8 Å². The van der Waals surface area contributed by atoms with Crippen LogP contribution in [-0.2, 0) is 9.47 Å². The third-order valence-electron chi connectivity index (χ3n) is 1.78. The number of hydrogen-bond acceptors (Lipinski definition) is 7. The van der Waals surface area contributed by atoms with Crippen LogP contribution in [0.5, 0.6) is 11.5 Å². The van der Waals surface area contributed by atoms with Crippen molar-refractivity contribution in [3.05, 3.63) is 9.75 Å². The summed E-state index contributed by atoms with van der Waals surface area (Å²) in [7, 11) is 0. The van der Waals surface area contributed by atoms with Gasteiger partial charge in [0.25, 0.3) is 0 Å². The normalized spacial score (nSPS) is 9.44. The van der Waals surface area contributed by atoms with Gasteiger partial charge in [-0.15, -0.1) is 11.3 Å². The van der Waals surface area contributed by atoms with E-state index < -0.39 is 23.4 Å². The molecule has 0 saturated carbocycles. The molecule has 8 heteroatoms. The second-order valence-electron chi connectivity index (χ2n) is 2.90. The summed E-state index contributed by atoms with van der Waals surface area (Å²) in [4.78, 5) is 22.3. The number of thiophene rings is 1. The third-order valence-corrected chi connectivity index (χ3v) is 2.91. The van der Waals surface area contributed by atoms with E-state index in [0.29, 0.717) is 11.3 Å². The Labute approximate surface area is 130 Å². The van der Waals surface area contributed by atoms with Crippen molar-refractivity contribution in [1.29, 1.82) is 0 Å². The molecule has 0 aliphatic heterocycles. The zero-order chi connectivity index (χ0) is 13.0. The summed E-state index contributed by atoms with van der Waals surface area (Å²) in [6, 6.07) is 0. The molecule has 0 saturated heterocycles. The quantitative estimate of drug-likeness (QED) is 0.517. The van der Waals surface area contributed by atoms with E-state index in [9.17, 15) is 19.8 Å². The van der Waals surface area contributed by atoms with Crippen LogP contribution in [0.25, 0.3) is 0 Å². The monoisotopic (exact) mass is 283 g/mol. The van der Waals surface area contributed by atoms with Crippen molar-refractivity contribution in [3.63, 3.8) is 0 Å². The Hall–Kier alpha value is -0.760. The summed E-state index contributed by atoms with van der Waals surface area (Å²) in [5, 5.41) is 19.0. The molecule has 94 valence electrons. The Morgan fingerprint density at radius 2 is 1.33 bits per heavy atom. The molecular formula is C10H12NaO6S+. The minimum Gasteiger partial charge on any atom is -0.503 e. The van der Waals surface area contributed by atoms with E-state index in [1.54, 1.807) is 13.8 Å². The van der Waals surface area contributed by atoms with E-state index in [4.69, 9.17) is 0 Å². The molecule has 1 aromatic rings. The number of carbonyl (C=O) groups excluding carboxylic acids is 2. The largest absolute Gasteiger partial charge is 1.00 e. The molecule has 1 aromatic heterocycles. The Morgan fingerprint density at radius 3 is 1.61 bits per heavy atom. The zero-order valence-electron chi connectivity index (χ0n) is 10.3. The van der Waals surface area contributed by atoms with E-state index in [1.807, 2.05) is 0 Å². The minimum atomic E-state index is -0.791. The molecule has 18 heavy (non-hydrogen) atoms. The predicted molar refractivity (Wildman–Crippen MR) is 59.6 cm³/mol. The van der Waals surface area contributed by atoms with Crippen LogP contribution in [0.4, 0.5) is 0 Å². The van der Waals surface area contributed by atoms with Gasteiger partial charge in [0.15, 0.2) is 21.3 Å². The summed E-state index contributed by atoms with van der Waals surface area (Å²) >= 11 is 0.633. The van der Waals surface area contributed by atoms with Gasteiger partial charge < -0.3 is 19.7 Å². The molecule has 0 aliphatic carbocycles. The maximum atomic E-state index is 11.4. The van der Waals surface area contributed by atoms with Crippen molar-refractivity contribution in [2.75, 3.05) is 13.2 Å². The van der Waals surface area contributed by atoms with Crippen LogP contribution in [0, 0.1) is 0 Å². The number of esters is 2. The summed E-state index contributed by atoms with van der Waals surface area (Å²) in [6.07, 6.45) is 0. The summed E-state index contributed by atoms with van der Waals surface area (Å²) in [5.41, 5.74) is 0. The van der Waals surface area contributed by atoms with Crippen LogP contribution < -0.4 is 29.6 Å². The average Bonchev–Trinajstić information content (AvgIpc) is 2.57. The van der Waals surface area contributed by atoms with Crippen molar-refractivity contribution < 1.29 is 58.8 Å². The average molecular weight is 283 g/mol. The first-order valence-corrected chi connectivity index (χ1v) is 5.73. The van der Waals surface area contributed by atoms with Crippen molar-refractivity contribution in [1.82, 2.24) is 0 Å². The van der Waals surface area contributed by atoms with Crippen LogP contribution >= 0.6 is 11.3 Å².